The Hall–Kier alpha value is -3.66. The number of carbonyl (C=O) groups is 5. The first-order chi connectivity index (χ1) is 17.5. The molecule has 3 heterocycles. The summed E-state index contributed by atoms with van der Waals surface area (Å²) in [7, 11) is 0. The van der Waals surface area contributed by atoms with Crippen molar-refractivity contribution >= 4 is 63.7 Å². The summed E-state index contributed by atoms with van der Waals surface area (Å²) >= 11 is 2.22. The monoisotopic (exact) mass is 553 g/mol. The number of oxime groups is 1. The number of anilines is 1. The predicted octanol–water partition coefficient (Wildman–Crippen LogP) is 0.145. The van der Waals surface area contributed by atoms with E-state index in [1.165, 1.54) is 24.1 Å². The number of carboxylic acid groups (broad SMARTS) is 2. The van der Waals surface area contributed by atoms with Crippen LogP contribution in [0.5, 0.6) is 0 Å². The van der Waals surface area contributed by atoms with Crippen LogP contribution in [0.3, 0.4) is 0 Å². The lowest BCUT2D eigenvalue weighted by molar-refractivity contribution is -0.165. The lowest BCUT2D eigenvalue weighted by Gasteiger charge is -2.49. The van der Waals surface area contributed by atoms with Gasteiger partial charge in [0.2, 0.25) is 5.60 Å². The molecule has 14 nitrogen and oxygen atoms in total. The number of hydrogen-bond donors (Lipinski definition) is 4. The molecule has 37 heavy (non-hydrogen) atoms. The lowest BCUT2D eigenvalue weighted by Crippen LogP contribution is -2.71. The summed E-state index contributed by atoms with van der Waals surface area (Å²) in [5.41, 5.74) is 3.74. The van der Waals surface area contributed by atoms with E-state index in [0.717, 1.165) is 16.2 Å². The first-order valence-electron chi connectivity index (χ1n) is 11.1. The van der Waals surface area contributed by atoms with Crippen LogP contribution in [-0.2, 0) is 33.5 Å². The number of nitrogens with one attached hydrogen (secondary N) is 1. The number of amides is 2. The van der Waals surface area contributed by atoms with E-state index in [0.29, 0.717) is 12.8 Å². The highest BCUT2D eigenvalue weighted by atomic mass is 32.2. The largest absolute Gasteiger partial charge is 0.478 e. The van der Waals surface area contributed by atoms with Gasteiger partial charge in [-0.25, -0.2) is 14.6 Å². The van der Waals surface area contributed by atoms with Gasteiger partial charge in [0, 0.05) is 36.5 Å². The summed E-state index contributed by atoms with van der Waals surface area (Å²) in [6.45, 7) is 0.909. The number of rotatable bonds is 9. The second-order valence-electron chi connectivity index (χ2n) is 8.51. The van der Waals surface area contributed by atoms with Crippen molar-refractivity contribution in [1.29, 1.82) is 0 Å². The second-order valence-corrected chi connectivity index (χ2v) is 10.5. The van der Waals surface area contributed by atoms with E-state index in [-0.39, 0.29) is 53.0 Å². The molecule has 1 saturated heterocycles. The maximum atomic E-state index is 13.2. The highest BCUT2D eigenvalue weighted by molar-refractivity contribution is 8.00. The molecule has 16 heteroatoms. The van der Waals surface area contributed by atoms with Crippen molar-refractivity contribution in [2.24, 2.45) is 5.16 Å². The molecule has 5 N–H and O–H groups in total. The maximum Gasteiger partial charge on any atom is 0.352 e. The molecular formula is C21H23N5O9S2. The van der Waals surface area contributed by atoms with Crippen LogP contribution in [-0.4, -0.2) is 84.9 Å². The average Bonchev–Trinajstić information content (AvgIpc) is 3.50. The summed E-state index contributed by atoms with van der Waals surface area (Å²) < 4.78 is 4.90. The Balaban J connectivity index is 1.55. The minimum atomic E-state index is -1.57. The number of carbonyl (C=O) groups excluding carboxylic acids is 3. The summed E-state index contributed by atoms with van der Waals surface area (Å²) in [6.07, 6.45) is 1.68. The maximum absolute atomic E-state index is 13.2. The zero-order chi connectivity index (χ0) is 26.9. The molecule has 1 aliphatic carbocycles. The lowest BCUT2D eigenvalue weighted by atomic mass is 10.0. The molecule has 0 aromatic carbocycles. The number of thiazole rings is 1. The number of nitrogens with zero attached hydrogens (tertiary/aromatic N) is 3. The van der Waals surface area contributed by atoms with E-state index >= 15 is 0 Å². The molecule has 2 fully saturated rings. The average molecular weight is 554 g/mol. The number of nitrogens with two attached hydrogens (primary N) is 1. The molecule has 1 unspecified atom stereocenters. The molecule has 4 rings (SSSR count). The number of aromatic nitrogens is 1. The van der Waals surface area contributed by atoms with Crippen LogP contribution in [0.2, 0.25) is 0 Å². The van der Waals surface area contributed by atoms with Gasteiger partial charge in [0.05, 0.1) is 0 Å². The predicted molar refractivity (Wildman–Crippen MR) is 129 cm³/mol. The molecule has 0 spiro atoms. The van der Waals surface area contributed by atoms with Crippen LogP contribution < -0.4 is 11.1 Å². The Labute approximate surface area is 217 Å². The SMILES string of the molecule is CC(=O)OCC1=C(C(=O)O)N2C(=O)C(NC(=O)/C(=N\OC3(C(=O)O)CCCC3)c3csc(N)n3)[C@H]2SC1. The number of nitrogen functional groups attached to an aromatic ring is 1. The topological polar surface area (TPSA) is 211 Å². The van der Waals surface area contributed by atoms with E-state index in [2.05, 4.69) is 15.5 Å². The molecule has 1 aromatic rings. The van der Waals surface area contributed by atoms with Gasteiger partial charge in [0.25, 0.3) is 11.8 Å². The standard InChI is InChI=1S/C21H23N5O9S2/c1-9(27)34-6-10-7-36-17-13(16(29)26(17)14(10)18(30)31)24-15(28)12(11-8-37-20(22)23-11)25-35-21(19(32)33)4-2-3-5-21/h8,13,17H,2-7H2,1H3,(H2,22,23)(H,24,28)(H,30,31)(H,32,33)/b25-12-/t13?,17-/m1/s1. The normalized spacial score (nSPS) is 22.7. The van der Waals surface area contributed by atoms with E-state index in [1.54, 1.807) is 0 Å². The molecule has 1 aromatic heterocycles. The van der Waals surface area contributed by atoms with E-state index in [1.807, 2.05) is 0 Å². The molecule has 2 atom stereocenters. The molecular weight excluding hydrogens is 530 g/mol. The third-order valence-corrected chi connectivity index (χ3v) is 8.09. The van der Waals surface area contributed by atoms with Crippen molar-refractivity contribution in [3.8, 4) is 0 Å². The van der Waals surface area contributed by atoms with Crippen molar-refractivity contribution in [2.75, 3.05) is 18.1 Å². The van der Waals surface area contributed by atoms with E-state index < -0.39 is 46.7 Å². The van der Waals surface area contributed by atoms with E-state index in [4.69, 9.17) is 15.3 Å². The molecule has 2 aliphatic heterocycles. The van der Waals surface area contributed by atoms with Crippen molar-refractivity contribution in [2.45, 2.75) is 49.6 Å². The zero-order valence-electron chi connectivity index (χ0n) is 19.5. The molecule has 1 saturated carbocycles. The first kappa shape index (κ1) is 26.4. The Morgan fingerprint density at radius 2 is 2.00 bits per heavy atom. The van der Waals surface area contributed by atoms with Crippen molar-refractivity contribution in [3.05, 3.63) is 22.3 Å². The van der Waals surface area contributed by atoms with Gasteiger partial charge in [-0.3, -0.25) is 19.3 Å². The van der Waals surface area contributed by atoms with Crippen LogP contribution in [0.1, 0.15) is 38.3 Å². The minimum absolute atomic E-state index is 0.0354. The van der Waals surface area contributed by atoms with Crippen LogP contribution in [0.4, 0.5) is 5.13 Å². The number of esters is 1. The molecule has 0 radical (unpaired) electrons. The molecule has 198 valence electrons. The summed E-state index contributed by atoms with van der Waals surface area (Å²) in [5.74, 6) is -4.55. The van der Waals surface area contributed by atoms with E-state index in [9.17, 15) is 34.2 Å². The molecule has 0 bridgehead atoms. The van der Waals surface area contributed by atoms with Crippen molar-refractivity contribution < 1.29 is 43.8 Å². The number of ether oxygens (including phenoxy) is 1. The Morgan fingerprint density at radius 3 is 2.57 bits per heavy atom. The Kier molecular flexibility index (Phi) is 7.40. The first-order valence-corrected chi connectivity index (χ1v) is 13.0. The third kappa shape index (κ3) is 5.11. The summed E-state index contributed by atoms with van der Waals surface area (Å²) in [5, 5.41) is 26.5. The fourth-order valence-corrected chi connectivity index (χ4v) is 6.09. The van der Waals surface area contributed by atoms with Gasteiger partial charge in [0.15, 0.2) is 10.8 Å². The van der Waals surface area contributed by atoms with Crippen LogP contribution >= 0.6 is 23.1 Å². The van der Waals surface area contributed by atoms with Crippen molar-refractivity contribution in [1.82, 2.24) is 15.2 Å². The van der Waals surface area contributed by atoms with Crippen molar-refractivity contribution in [3.63, 3.8) is 0 Å². The molecule has 3 aliphatic rings. The number of carboxylic acids is 2. The molecule has 2 amide bonds. The summed E-state index contributed by atoms with van der Waals surface area (Å²) in [6, 6.07) is -1.09. The van der Waals surface area contributed by atoms with Gasteiger partial charge in [-0.1, -0.05) is 5.16 Å². The fourth-order valence-electron chi connectivity index (χ4n) is 4.22. The van der Waals surface area contributed by atoms with Gasteiger partial charge < -0.3 is 30.8 Å². The van der Waals surface area contributed by atoms with Crippen LogP contribution in [0, 0.1) is 0 Å². The highest BCUT2D eigenvalue weighted by Gasteiger charge is 2.54. The number of thioether (sulfide) groups is 1. The number of aliphatic carboxylic acids is 2. The van der Waals surface area contributed by atoms with Gasteiger partial charge in [-0.2, -0.15) is 0 Å². The highest BCUT2D eigenvalue weighted by Crippen LogP contribution is 2.40. The summed E-state index contributed by atoms with van der Waals surface area (Å²) in [4.78, 5) is 71.4. The Bertz CT molecular complexity index is 1220. The van der Waals surface area contributed by atoms with Crippen LogP contribution in [0.25, 0.3) is 0 Å². The van der Waals surface area contributed by atoms with Gasteiger partial charge in [-0.05, 0) is 12.8 Å². The second kappa shape index (κ2) is 10.4. The van der Waals surface area contributed by atoms with Gasteiger partial charge in [-0.15, -0.1) is 23.1 Å². The minimum Gasteiger partial charge on any atom is -0.478 e. The number of β-lactam (4-membered cyclic amide) rings is 1. The van der Waals surface area contributed by atoms with Crippen LogP contribution in [0.15, 0.2) is 21.8 Å². The van der Waals surface area contributed by atoms with Gasteiger partial charge in [0.1, 0.15) is 29.4 Å². The quantitative estimate of drug-likeness (QED) is 0.139. The number of fused-ring (bicyclic) bond motifs is 1. The smallest absolute Gasteiger partial charge is 0.352 e. The third-order valence-electron chi connectivity index (χ3n) is 6.08. The Morgan fingerprint density at radius 1 is 1.30 bits per heavy atom. The van der Waals surface area contributed by atoms with Gasteiger partial charge >= 0.3 is 17.9 Å². The number of hydrogen-bond acceptors (Lipinski definition) is 12. The fraction of sp³-hybridized carbons (Fsp3) is 0.476. The zero-order valence-corrected chi connectivity index (χ0v) is 21.1.